The van der Waals surface area contributed by atoms with E-state index in [1.54, 1.807) is 0 Å². The van der Waals surface area contributed by atoms with Crippen LogP contribution in [0.5, 0.6) is 0 Å². The van der Waals surface area contributed by atoms with Crippen LogP contribution in [-0.2, 0) is 28.6 Å². The van der Waals surface area contributed by atoms with E-state index in [2.05, 4.69) is 57.2 Å². The summed E-state index contributed by atoms with van der Waals surface area (Å²) in [4.78, 5) is 37.4. The van der Waals surface area contributed by atoms with Crippen molar-refractivity contribution in [1.29, 1.82) is 0 Å². The fourth-order valence-corrected chi connectivity index (χ4v) is 5.63. The van der Waals surface area contributed by atoms with E-state index < -0.39 is 6.10 Å². The van der Waals surface area contributed by atoms with E-state index in [9.17, 15) is 14.4 Å². The molecular formula is C44H78O6. The Morgan fingerprint density at radius 1 is 0.400 bits per heavy atom. The molecule has 1 atom stereocenters. The Labute approximate surface area is 308 Å². The SMILES string of the molecule is CCCC/C=C\CCCCCCCC(=O)OC(COC(=O)CCCCCCCC)COC(=O)CCCCCCC/C=C\C/C=C\CCCCC. The third-order valence-electron chi connectivity index (χ3n) is 8.87. The standard InChI is InChI=1S/C44H78O6/c1-4-7-10-13-16-18-20-21-22-23-25-26-28-31-34-37-43(46)49-40-41(39-48-42(45)36-33-30-15-12-9-6-3)50-44(47)38-35-32-29-27-24-19-17-14-11-8-5-2/h14,16-18,21-22,41H,4-13,15,19-20,23-40H2,1-3H3/b17-14-,18-16-,22-21-. The van der Waals surface area contributed by atoms with Crippen molar-refractivity contribution in [3.05, 3.63) is 36.5 Å². The van der Waals surface area contributed by atoms with Crippen molar-refractivity contribution < 1.29 is 28.6 Å². The minimum Gasteiger partial charge on any atom is -0.462 e. The van der Waals surface area contributed by atoms with Crippen LogP contribution in [-0.4, -0.2) is 37.2 Å². The summed E-state index contributed by atoms with van der Waals surface area (Å²) in [5.74, 6) is -0.917. The lowest BCUT2D eigenvalue weighted by atomic mass is 10.1. The molecule has 0 N–H and O–H groups in total. The second-order valence-electron chi connectivity index (χ2n) is 13.9. The van der Waals surface area contributed by atoms with Crippen LogP contribution in [0, 0.1) is 0 Å². The van der Waals surface area contributed by atoms with Gasteiger partial charge in [-0.2, -0.15) is 0 Å². The summed E-state index contributed by atoms with van der Waals surface area (Å²) in [7, 11) is 0. The number of ether oxygens (including phenoxy) is 3. The largest absolute Gasteiger partial charge is 0.462 e. The summed E-state index contributed by atoms with van der Waals surface area (Å²) < 4.78 is 16.6. The predicted octanol–water partition coefficient (Wildman–Crippen LogP) is 13.0. The van der Waals surface area contributed by atoms with E-state index in [0.717, 1.165) is 89.9 Å². The predicted molar refractivity (Wildman–Crippen MR) is 210 cm³/mol. The Kier molecular flexibility index (Phi) is 37.5. The monoisotopic (exact) mass is 703 g/mol. The quantitative estimate of drug-likeness (QED) is 0.0277. The molecule has 0 aliphatic heterocycles. The highest BCUT2D eigenvalue weighted by Crippen LogP contribution is 2.13. The summed E-state index contributed by atoms with van der Waals surface area (Å²) in [5.41, 5.74) is 0. The van der Waals surface area contributed by atoms with Crippen molar-refractivity contribution in [2.45, 2.75) is 213 Å². The number of carbonyl (C=O) groups is 3. The molecule has 0 aromatic heterocycles. The molecular weight excluding hydrogens is 624 g/mol. The van der Waals surface area contributed by atoms with Crippen molar-refractivity contribution in [2.24, 2.45) is 0 Å². The highest BCUT2D eigenvalue weighted by molar-refractivity contribution is 5.71. The number of hydrogen-bond acceptors (Lipinski definition) is 6. The second-order valence-corrected chi connectivity index (χ2v) is 13.9. The summed E-state index contributed by atoms with van der Waals surface area (Å²) in [6.07, 6.45) is 42.8. The van der Waals surface area contributed by atoms with E-state index in [4.69, 9.17) is 14.2 Å². The molecule has 6 nitrogen and oxygen atoms in total. The number of allylic oxidation sites excluding steroid dienone is 6. The van der Waals surface area contributed by atoms with E-state index >= 15 is 0 Å². The van der Waals surface area contributed by atoms with Gasteiger partial charge in [-0.05, 0) is 70.6 Å². The number of esters is 3. The molecule has 0 spiro atoms. The topological polar surface area (TPSA) is 78.9 Å². The zero-order valence-electron chi connectivity index (χ0n) is 32.9. The van der Waals surface area contributed by atoms with Gasteiger partial charge in [-0.15, -0.1) is 0 Å². The van der Waals surface area contributed by atoms with Crippen LogP contribution in [0.3, 0.4) is 0 Å². The third kappa shape index (κ3) is 36.9. The summed E-state index contributed by atoms with van der Waals surface area (Å²) in [5, 5.41) is 0. The average molecular weight is 703 g/mol. The molecule has 1 unspecified atom stereocenters. The molecule has 0 aromatic rings. The van der Waals surface area contributed by atoms with Crippen LogP contribution in [0.2, 0.25) is 0 Å². The van der Waals surface area contributed by atoms with Crippen LogP contribution in [0.1, 0.15) is 207 Å². The van der Waals surface area contributed by atoms with Gasteiger partial charge >= 0.3 is 17.9 Å². The Balaban J connectivity index is 4.32. The van der Waals surface area contributed by atoms with Gasteiger partial charge in [0.2, 0.25) is 0 Å². The molecule has 0 aliphatic rings. The maximum Gasteiger partial charge on any atom is 0.306 e. The lowest BCUT2D eigenvalue weighted by Crippen LogP contribution is -2.30. The van der Waals surface area contributed by atoms with Gasteiger partial charge in [0.05, 0.1) is 0 Å². The molecule has 0 saturated carbocycles. The Hall–Kier alpha value is -2.37. The van der Waals surface area contributed by atoms with E-state index in [-0.39, 0.29) is 31.1 Å². The fourth-order valence-electron chi connectivity index (χ4n) is 5.63. The van der Waals surface area contributed by atoms with Gasteiger partial charge in [0.15, 0.2) is 6.10 Å². The smallest absolute Gasteiger partial charge is 0.306 e. The molecule has 0 fully saturated rings. The fraction of sp³-hybridized carbons (Fsp3) is 0.795. The molecule has 0 rings (SSSR count). The number of rotatable bonds is 37. The van der Waals surface area contributed by atoms with Gasteiger partial charge in [-0.3, -0.25) is 14.4 Å². The molecule has 0 radical (unpaired) electrons. The summed E-state index contributed by atoms with van der Waals surface area (Å²) in [6, 6.07) is 0. The van der Waals surface area contributed by atoms with E-state index in [1.807, 2.05) is 0 Å². The van der Waals surface area contributed by atoms with Crippen molar-refractivity contribution >= 4 is 17.9 Å². The lowest BCUT2D eigenvalue weighted by Gasteiger charge is -2.18. The number of carbonyl (C=O) groups excluding carboxylic acids is 3. The Morgan fingerprint density at radius 3 is 1.22 bits per heavy atom. The Morgan fingerprint density at radius 2 is 0.740 bits per heavy atom. The zero-order valence-corrected chi connectivity index (χ0v) is 32.9. The van der Waals surface area contributed by atoms with Crippen LogP contribution in [0.25, 0.3) is 0 Å². The maximum absolute atomic E-state index is 12.6. The first-order valence-corrected chi connectivity index (χ1v) is 21.0. The molecule has 0 bridgehead atoms. The molecule has 0 amide bonds. The van der Waals surface area contributed by atoms with Gasteiger partial charge in [0.25, 0.3) is 0 Å². The van der Waals surface area contributed by atoms with Crippen LogP contribution >= 0.6 is 0 Å². The molecule has 0 saturated heterocycles. The van der Waals surface area contributed by atoms with Crippen molar-refractivity contribution in [1.82, 2.24) is 0 Å². The van der Waals surface area contributed by atoms with Crippen LogP contribution < -0.4 is 0 Å². The van der Waals surface area contributed by atoms with Crippen molar-refractivity contribution in [3.63, 3.8) is 0 Å². The van der Waals surface area contributed by atoms with Gasteiger partial charge in [0.1, 0.15) is 13.2 Å². The van der Waals surface area contributed by atoms with Crippen molar-refractivity contribution in [3.8, 4) is 0 Å². The minimum atomic E-state index is -0.774. The molecule has 0 aromatic carbocycles. The van der Waals surface area contributed by atoms with Gasteiger partial charge in [-0.1, -0.05) is 154 Å². The lowest BCUT2D eigenvalue weighted by molar-refractivity contribution is -0.167. The molecule has 50 heavy (non-hydrogen) atoms. The first-order valence-electron chi connectivity index (χ1n) is 21.0. The second kappa shape index (κ2) is 39.4. The van der Waals surface area contributed by atoms with Crippen LogP contribution in [0.4, 0.5) is 0 Å². The highest BCUT2D eigenvalue weighted by atomic mass is 16.6. The van der Waals surface area contributed by atoms with Gasteiger partial charge < -0.3 is 14.2 Å². The normalized spacial score (nSPS) is 12.3. The maximum atomic E-state index is 12.6. The average Bonchev–Trinajstić information content (AvgIpc) is 3.11. The summed E-state index contributed by atoms with van der Waals surface area (Å²) >= 11 is 0. The van der Waals surface area contributed by atoms with E-state index in [1.165, 1.54) is 77.0 Å². The Bertz CT molecular complexity index is 861. The number of unbranched alkanes of at least 4 members (excludes halogenated alkanes) is 20. The minimum absolute atomic E-state index is 0.0802. The first-order chi connectivity index (χ1) is 24.5. The molecule has 0 heterocycles. The summed E-state index contributed by atoms with van der Waals surface area (Å²) in [6.45, 7) is 6.47. The highest BCUT2D eigenvalue weighted by Gasteiger charge is 2.19. The molecule has 0 aliphatic carbocycles. The van der Waals surface area contributed by atoms with Crippen LogP contribution in [0.15, 0.2) is 36.5 Å². The zero-order chi connectivity index (χ0) is 36.6. The van der Waals surface area contributed by atoms with Gasteiger partial charge in [-0.25, -0.2) is 0 Å². The number of hydrogen-bond donors (Lipinski definition) is 0. The van der Waals surface area contributed by atoms with E-state index in [0.29, 0.717) is 19.3 Å². The molecule has 290 valence electrons. The van der Waals surface area contributed by atoms with Crippen molar-refractivity contribution in [2.75, 3.05) is 13.2 Å². The first kappa shape index (κ1) is 47.6. The molecule has 6 heteroatoms. The third-order valence-corrected chi connectivity index (χ3v) is 8.87. The van der Waals surface area contributed by atoms with Gasteiger partial charge in [0, 0.05) is 19.3 Å².